The Kier molecular flexibility index (Phi) is 8.49. The van der Waals surface area contributed by atoms with Crippen LogP contribution in [0.25, 0.3) is 0 Å². The minimum Gasteiger partial charge on any atom is -0.492 e. The highest BCUT2D eigenvalue weighted by Gasteiger charge is 2.14. The number of allylic oxidation sites excluding steroid dienone is 1. The van der Waals surface area contributed by atoms with Crippen LogP contribution in [0.15, 0.2) is 54.7 Å². The van der Waals surface area contributed by atoms with Crippen LogP contribution in [0, 0.1) is 24.1 Å². The fourth-order valence-electron chi connectivity index (χ4n) is 3.81. The number of halogens is 1. The summed E-state index contributed by atoms with van der Waals surface area (Å²) >= 11 is 0. The number of nitrogens with zero attached hydrogens (tertiary/aromatic N) is 3. The molecule has 0 N–H and O–H groups in total. The highest BCUT2D eigenvalue weighted by molar-refractivity contribution is 5.40. The first kappa shape index (κ1) is 22.8. The molecule has 0 saturated carbocycles. The second-order valence-electron chi connectivity index (χ2n) is 8.23. The van der Waals surface area contributed by atoms with Gasteiger partial charge in [-0.05, 0) is 73.3 Å². The Labute approximate surface area is 185 Å². The molecule has 0 amide bonds. The zero-order valence-corrected chi connectivity index (χ0v) is 18.6. The van der Waals surface area contributed by atoms with E-state index < -0.39 is 0 Å². The van der Waals surface area contributed by atoms with E-state index in [4.69, 9.17) is 10.00 Å². The molecule has 1 unspecified atom stereocenters. The molecule has 2 aromatic rings. The Hall–Kier alpha value is -2.84. The van der Waals surface area contributed by atoms with Gasteiger partial charge in [0.1, 0.15) is 18.2 Å². The van der Waals surface area contributed by atoms with Crippen LogP contribution in [0.4, 0.5) is 4.39 Å². The Morgan fingerprint density at radius 3 is 2.55 bits per heavy atom. The van der Waals surface area contributed by atoms with Gasteiger partial charge >= 0.3 is 0 Å². The lowest BCUT2D eigenvalue weighted by Crippen LogP contribution is -2.45. The molecule has 4 nitrogen and oxygen atoms in total. The number of rotatable bonds is 9. The third-order valence-electron chi connectivity index (χ3n) is 5.92. The van der Waals surface area contributed by atoms with E-state index in [2.05, 4.69) is 47.2 Å². The Morgan fingerprint density at radius 1 is 1.13 bits per heavy atom. The summed E-state index contributed by atoms with van der Waals surface area (Å²) < 4.78 is 18.6. The molecule has 0 radical (unpaired) electrons. The van der Waals surface area contributed by atoms with Crippen LogP contribution in [-0.4, -0.2) is 49.1 Å². The summed E-state index contributed by atoms with van der Waals surface area (Å²) in [5.41, 5.74) is 3.13. The summed E-state index contributed by atoms with van der Waals surface area (Å²) in [6, 6.07) is 14.6. The second-order valence-corrected chi connectivity index (χ2v) is 8.23. The molecule has 164 valence electrons. The van der Waals surface area contributed by atoms with E-state index in [0.29, 0.717) is 18.3 Å². The number of nitriles is 1. The summed E-state index contributed by atoms with van der Waals surface area (Å²) in [6.45, 7) is 9.86. The molecule has 0 aliphatic carbocycles. The molecule has 1 fully saturated rings. The molecule has 5 heteroatoms. The van der Waals surface area contributed by atoms with Crippen molar-refractivity contribution >= 4 is 0 Å². The van der Waals surface area contributed by atoms with Crippen LogP contribution in [0.2, 0.25) is 0 Å². The van der Waals surface area contributed by atoms with Crippen LogP contribution < -0.4 is 4.74 Å². The lowest BCUT2D eigenvalue weighted by atomic mass is 9.93. The van der Waals surface area contributed by atoms with E-state index in [9.17, 15) is 4.39 Å². The molecular formula is C26H32FN3O. The standard InChI is InChI=1S/C26H32FN3O/c1-21(23-6-7-24(20-28)22(2)19-23)5-3-4-12-29-13-15-30(16-14-29)17-18-31-26-10-8-25(27)9-11-26/h4,6-12,19,21H,3,5,13-18H2,1-2H3. The molecule has 3 rings (SSSR count). The molecule has 0 spiro atoms. The zero-order valence-electron chi connectivity index (χ0n) is 18.6. The first-order chi connectivity index (χ1) is 15.0. The summed E-state index contributed by atoms with van der Waals surface area (Å²) in [5, 5.41) is 9.08. The fraction of sp³-hybridized carbons (Fsp3) is 0.423. The van der Waals surface area contributed by atoms with Gasteiger partial charge in [0.2, 0.25) is 0 Å². The van der Waals surface area contributed by atoms with E-state index in [1.807, 2.05) is 13.0 Å². The number of ether oxygens (including phenoxy) is 1. The lowest BCUT2D eigenvalue weighted by Gasteiger charge is -2.34. The molecule has 1 saturated heterocycles. The summed E-state index contributed by atoms with van der Waals surface area (Å²) in [4.78, 5) is 4.79. The maximum Gasteiger partial charge on any atom is 0.123 e. The average molecular weight is 422 g/mol. The molecule has 1 heterocycles. The van der Waals surface area contributed by atoms with E-state index in [0.717, 1.165) is 56.7 Å². The number of aryl methyl sites for hydroxylation is 1. The largest absolute Gasteiger partial charge is 0.492 e. The predicted octanol–water partition coefficient (Wildman–Crippen LogP) is 5.10. The van der Waals surface area contributed by atoms with E-state index in [1.54, 1.807) is 12.1 Å². The van der Waals surface area contributed by atoms with E-state index in [-0.39, 0.29) is 5.82 Å². The van der Waals surface area contributed by atoms with E-state index in [1.165, 1.54) is 17.7 Å². The van der Waals surface area contributed by atoms with Crippen LogP contribution in [0.5, 0.6) is 5.75 Å². The summed E-state index contributed by atoms with van der Waals surface area (Å²) in [6.07, 6.45) is 6.66. The lowest BCUT2D eigenvalue weighted by molar-refractivity contribution is 0.144. The quantitative estimate of drug-likeness (QED) is 0.565. The van der Waals surface area contributed by atoms with Gasteiger partial charge in [-0.1, -0.05) is 25.1 Å². The van der Waals surface area contributed by atoms with Crippen molar-refractivity contribution in [3.63, 3.8) is 0 Å². The van der Waals surface area contributed by atoms with Gasteiger partial charge in [0.25, 0.3) is 0 Å². The highest BCUT2D eigenvalue weighted by Crippen LogP contribution is 2.23. The predicted molar refractivity (Wildman–Crippen MR) is 123 cm³/mol. The Balaban J connectivity index is 1.31. The van der Waals surface area contributed by atoms with Crippen molar-refractivity contribution in [2.45, 2.75) is 32.6 Å². The van der Waals surface area contributed by atoms with Crippen LogP contribution in [-0.2, 0) is 0 Å². The van der Waals surface area contributed by atoms with Gasteiger partial charge in [0.05, 0.1) is 11.6 Å². The first-order valence-electron chi connectivity index (χ1n) is 11.1. The van der Waals surface area contributed by atoms with Crippen LogP contribution >= 0.6 is 0 Å². The van der Waals surface area contributed by atoms with Crippen molar-refractivity contribution in [3.8, 4) is 11.8 Å². The number of hydrogen-bond acceptors (Lipinski definition) is 4. The van der Waals surface area contributed by atoms with Gasteiger partial charge in [-0.25, -0.2) is 4.39 Å². The fourth-order valence-corrected chi connectivity index (χ4v) is 3.81. The van der Waals surface area contributed by atoms with Gasteiger partial charge in [0.15, 0.2) is 0 Å². The minimum absolute atomic E-state index is 0.240. The van der Waals surface area contributed by atoms with Gasteiger partial charge in [-0.3, -0.25) is 4.90 Å². The molecular weight excluding hydrogens is 389 g/mol. The first-order valence-corrected chi connectivity index (χ1v) is 11.1. The number of hydrogen-bond donors (Lipinski definition) is 0. The summed E-state index contributed by atoms with van der Waals surface area (Å²) in [5.74, 6) is 0.956. The zero-order chi connectivity index (χ0) is 22.1. The molecule has 0 aromatic heterocycles. The number of benzene rings is 2. The van der Waals surface area contributed by atoms with Crippen molar-refractivity contribution in [3.05, 3.63) is 77.2 Å². The smallest absolute Gasteiger partial charge is 0.123 e. The normalized spacial score (nSPS) is 15.7. The monoisotopic (exact) mass is 421 g/mol. The molecule has 0 bridgehead atoms. The maximum absolute atomic E-state index is 12.9. The third kappa shape index (κ3) is 7.11. The van der Waals surface area contributed by atoms with Crippen LogP contribution in [0.3, 0.4) is 0 Å². The van der Waals surface area contributed by atoms with Crippen molar-refractivity contribution in [2.24, 2.45) is 0 Å². The Bertz CT molecular complexity index is 896. The van der Waals surface area contributed by atoms with Gasteiger partial charge in [0, 0.05) is 32.7 Å². The van der Waals surface area contributed by atoms with Gasteiger partial charge < -0.3 is 9.64 Å². The minimum atomic E-state index is -0.240. The van der Waals surface area contributed by atoms with Gasteiger partial charge in [-0.15, -0.1) is 0 Å². The molecule has 2 aromatic carbocycles. The van der Waals surface area contributed by atoms with Crippen molar-refractivity contribution in [1.29, 1.82) is 5.26 Å². The highest BCUT2D eigenvalue weighted by atomic mass is 19.1. The van der Waals surface area contributed by atoms with Crippen molar-refractivity contribution in [1.82, 2.24) is 9.80 Å². The van der Waals surface area contributed by atoms with Gasteiger partial charge in [-0.2, -0.15) is 5.26 Å². The van der Waals surface area contributed by atoms with E-state index >= 15 is 0 Å². The topological polar surface area (TPSA) is 39.5 Å². The molecule has 1 atom stereocenters. The molecule has 1 aliphatic rings. The van der Waals surface area contributed by atoms with Crippen molar-refractivity contribution < 1.29 is 9.13 Å². The maximum atomic E-state index is 12.9. The third-order valence-corrected chi connectivity index (χ3v) is 5.92. The summed E-state index contributed by atoms with van der Waals surface area (Å²) in [7, 11) is 0. The average Bonchev–Trinajstić information content (AvgIpc) is 2.79. The molecule has 1 aliphatic heterocycles. The number of piperazine rings is 1. The second kappa shape index (κ2) is 11.5. The van der Waals surface area contributed by atoms with Crippen molar-refractivity contribution in [2.75, 3.05) is 39.3 Å². The molecule has 31 heavy (non-hydrogen) atoms. The Morgan fingerprint density at radius 2 is 1.87 bits per heavy atom. The van der Waals surface area contributed by atoms with Crippen LogP contribution in [0.1, 0.15) is 42.4 Å². The SMILES string of the molecule is Cc1cc(C(C)CCC=CN2CCN(CCOc3ccc(F)cc3)CC2)ccc1C#N.